The first-order chi connectivity index (χ1) is 17.2. The summed E-state index contributed by atoms with van der Waals surface area (Å²) in [6.45, 7) is 4.93. The molecule has 1 aliphatic rings. The van der Waals surface area contributed by atoms with Crippen LogP contribution in [0.15, 0.2) is 29.2 Å². The molecule has 36 heavy (non-hydrogen) atoms. The lowest BCUT2D eigenvalue weighted by Crippen LogP contribution is -2.35. The van der Waals surface area contributed by atoms with Crippen molar-refractivity contribution in [3.8, 4) is 5.75 Å². The van der Waals surface area contributed by atoms with Crippen molar-refractivity contribution in [1.29, 1.82) is 0 Å². The number of rotatable bonds is 7. The van der Waals surface area contributed by atoms with Gasteiger partial charge in [-0.1, -0.05) is 34.2 Å². The average molecular weight is 629 g/mol. The molecule has 2 aromatic heterocycles. The predicted molar refractivity (Wildman–Crippen MR) is 148 cm³/mol. The van der Waals surface area contributed by atoms with E-state index < -0.39 is 11.4 Å². The minimum absolute atomic E-state index is 0.0441. The normalized spacial score (nSPS) is 14.4. The Hall–Kier alpha value is -2.67. The first kappa shape index (κ1) is 26.4. The summed E-state index contributed by atoms with van der Waals surface area (Å²) in [4.78, 5) is 35.7. The largest absolute Gasteiger partial charge is 0.478 e. The molecule has 0 unspecified atom stereocenters. The SMILES string of the molecule is CNC(=O)COc1cc2cc(Nc3nc(N4CCC(I)CC4)ncc3Cl)cc(F)c2n(C(C)C)c1=O. The summed E-state index contributed by atoms with van der Waals surface area (Å²) in [5, 5.41) is 6.25. The molecule has 1 amide bonds. The highest BCUT2D eigenvalue weighted by atomic mass is 127. The van der Waals surface area contributed by atoms with Crippen molar-refractivity contribution in [2.45, 2.75) is 36.7 Å². The molecule has 3 aromatic rings. The van der Waals surface area contributed by atoms with Gasteiger partial charge in [-0.05, 0) is 44.9 Å². The number of pyridine rings is 1. The number of likely N-dealkylation sites (N-methyl/N-ethyl adjacent to an activating group) is 1. The van der Waals surface area contributed by atoms with Crippen molar-refractivity contribution < 1.29 is 13.9 Å². The van der Waals surface area contributed by atoms with Gasteiger partial charge in [0, 0.05) is 41.2 Å². The maximum absolute atomic E-state index is 15.4. The third-order valence-electron chi connectivity index (χ3n) is 5.91. The molecule has 2 N–H and O–H groups in total. The maximum atomic E-state index is 15.4. The van der Waals surface area contributed by atoms with Crippen LogP contribution in [0.2, 0.25) is 5.02 Å². The van der Waals surface area contributed by atoms with E-state index in [-0.39, 0.29) is 29.8 Å². The summed E-state index contributed by atoms with van der Waals surface area (Å²) in [7, 11) is 1.47. The van der Waals surface area contributed by atoms with Crippen LogP contribution in [0.3, 0.4) is 0 Å². The number of carbonyl (C=O) groups excluding carboxylic acids is 1. The third kappa shape index (κ3) is 5.66. The number of hydrogen-bond donors (Lipinski definition) is 2. The molecule has 1 fully saturated rings. The summed E-state index contributed by atoms with van der Waals surface area (Å²) in [6.07, 6.45) is 3.63. The molecule has 1 aromatic carbocycles. The first-order valence-electron chi connectivity index (χ1n) is 11.6. The molecular formula is C24H27ClFIN6O3. The molecule has 0 aliphatic carbocycles. The van der Waals surface area contributed by atoms with E-state index in [9.17, 15) is 9.59 Å². The topological polar surface area (TPSA) is 101 Å². The number of hydrogen-bond acceptors (Lipinski definition) is 7. The number of halogens is 3. The van der Waals surface area contributed by atoms with Crippen LogP contribution in [-0.2, 0) is 4.79 Å². The van der Waals surface area contributed by atoms with Gasteiger partial charge in [0.1, 0.15) is 10.8 Å². The van der Waals surface area contributed by atoms with Crippen molar-refractivity contribution >= 4 is 68.5 Å². The Bertz CT molecular complexity index is 1340. The fourth-order valence-corrected chi connectivity index (χ4v) is 4.77. The van der Waals surface area contributed by atoms with Crippen LogP contribution >= 0.6 is 34.2 Å². The van der Waals surface area contributed by atoms with E-state index in [0.717, 1.165) is 25.9 Å². The van der Waals surface area contributed by atoms with Crippen molar-refractivity contribution in [2.75, 3.05) is 37.0 Å². The van der Waals surface area contributed by atoms with Gasteiger partial charge >= 0.3 is 0 Å². The molecule has 0 spiro atoms. The van der Waals surface area contributed by atoms with Gasteiger partial charge < -0.3 is 20.3 Å². The van der Waals surface area contributed by atoms with E-state index in [1.165, 1.54) is 29.9 Å². The number of nitrogens with one attached hydrogen (secondary N) is 2. The first-order valence-corrected chi connectivity index (χ1v) is 13.2. The van der Waals surface area contributed by atoms with Crippen LogP contribution in [0.1, 0.15) is 32.7 Å². The predicted octanol–water partition coefficient (Wildman–Crippen LogP) is 4.44. The van der Waals surface area contributed by atoms with E-state index in [0.29, 0.717) is 31.8 Å². The second kappa shape index (κ2) is 11.2. The number of amides is 1. The summed E-state index contributed by atoms with van der Waals surface area (Å²) >= 11 is 8.82. The smallest absolute Gasteiger partial charge is 0.293 e. The molecular weight excluding hydrogens is 602 g/mol. The molecule has 12 heteroatoms. The van der Waals surface area contributed by atoms with E-state index >= 15 is 4.39 Å². The summed E-state index contributed by atoms with van der Waals surface area (Å²) in [6, 6.07) is 4.08. The molecule has 192 valence electrons. The van der Waals surface area contributed by atoms with Crippen LogP contribution in [0.5, 0.6) is 5.75 Å². The zero-order valence-corrected chi connectivity index (χ0v) is 23.1. The maximum Gasteiger partial charge on any atom is 0.293 e. The summed E-state index contributed by atoms with van der Waals surface area (Å²) < 4.78 is 22.8. The number of piperidine rings is 1. The van der Waals surface area contributed by atoms with Crippen LogP contribution in [0.4, 0.5) is 21.8 Å². The number of alkyl halides is 1. The monoisotopic (exact) mass is 628 g/mol. The van der Waals surface area contributed by atoms with Crippen LogP contribution < -0.4 is 25.8 Å². The molecule has 0 bridgehead atoms. The van der Waals surface area contributed by atoms with Gasteiger partial charge in [-0.15, -0.1) is 0 Å². The van der Waals surface area contributed by atoms with Crippen molar-refractivity contribution in [1.82, 2.24) is 19.9 Å². The molecule has 1 aliphatic heterocycles. The van der Waals surface area contributed by atoms with Gasteiger partial charge in [0.15, 0.2) is 18.2 Å². The zero-order valence-electron chi connectivity index (χ0n) is 20.1. The number of anilines is 3. The lowest BCUT2D eigenvalue weighted by atomic mass is 10.1. The third-order valence-corrected chi connectivity index (χ3v) is 7.43. The fraction of sp³-hybridized carbons (Fsp3) is 0.417. The Morgan fingerprint density at radius 3 is 2.69 bits per heavy atom. The number of benzene rings is 1. The van der Waals surface area contributed by atoms with Crippen molar-refractivity contribution in [2.24, 2.45) is 0 Å². The number of fused-ring (bicyclic) bond motifs is 1. The fourth-order valence-electron chi connectivity index (χ4n) is 4.07. The Morgan fingerprint density at radius 1 is 1.31 bits per heavy atom. The molecule has 0 radical (unpaired) electrons. The van der Waals surface area contributed by atoms with E-state index in [1.54, 1.807) is 19.9 Å². The minimum Gasteiger partial charge on any atom is -0.478 e. The van der Waals surface area contributed by atoms with Crippen LogP contribution in [0, 0.1) is 5.82 Å². The minimum atomic E-state index is -0.590. The van der Waals surface area contributed by atoms with E-state index in [2.05, 4.69) is 48.1 Å². The highest BCUT2D eigenvalue weighted by Crippen LogP contribution is 2.31. The second-order valence-corrected chi connectivity index (χ2v) is 11.0. The molecule has 9 nitrogen and oxygen atoms in total. The number of aromatic nitrogens is 3. The summed E-state index contributed by atoms with van der Waals surface area (Å²) in [5.74, 6) is -0.107. The van der Waals surface area contributed by atoms with Gasteiger partial charge in [-0.2, -0.15) is 4.98 Å². The Morgan fingerprint density at radius 2 is 2.03 bits per heavy atom. The number of ether oxygens (including phenoxy) is 1. The van der Waals surface area contributed by atoms with E-state index in [1.807, 2.05) is 0 Å². The lowest BCUT2D eigenvalue weighted by Gasteiger charge is -2.29. The summed E-state index contributed by atoms with van der Waals surface area (Å²) in [5.41, 5.74) is 0.0208. The molecule has 3 heterocycles. The van der Waals surface area contributed by atoms with Crippen LogP contribution in [-0.4, -0.2) is 51.1 Å². The molecule has 4 rings (SSSR count). The highest BCUT2D eigenvalue weighted by Gasteiger charge is 2.21. The highest BCUT2D eigenvalue weighted by molar-refractivity contribution is 14.1. The second-order valence-electron chi connectivity index (χ2n) is 8.79. The number of nitrogens with zero attached hydrogens (tertiary/aromatic N) is 4. The van der Waals surface area contributed by atoms with Crippen molar-refractivity contribution in [3.63, 3.8) is 0 Å². The Labute approximate surface area is 226 Å². The number of carbonyl (C=O) groups is 1. The molecule has 1 saturated heterocycles. The van der Waals surface area contributed by atoms with Gasteiger partial charge in [0.25, 0.3) is 11.5 Å². The lowest BCUT2D eigenvalue weighted by molar-refractivity contribution is -0.122. The Kier molecular flexibility index (Phi) is 8.18. The van der Waals surface area contributed by atoms with E-state index in [4.69, 9.17) is 16.3 Å². The van der Waals surface area contributed by atoms with Gasteiger partial charge in [-0.3, -0.25) is 14.2 Å². The van der Waals surface area contributed by atoms with Crippen LogP contribution in [0.25, 0.3) is 10.9 Å². The van der Waals surface area contributed by atoms with Gasteiger partial charge in [0.05, 0.1) is 11.7 Å². The van der Waals surface area contributed by atoms with Gasteiger partial charge in [-0.25, -0.2) is 9.37 Å². The molecule has 0 atom stereocenters. The molecule has 0 saturated carbocycles. The van der Waals surface area contributed by atoms with Crippen molar-refractivity contribution in [3.05, 3.63) is 45.6 Å². The quantitative estimate of drug-likeness (QED) is 0.295. The average Bonchev–Trinajstić information content (AvgIpc) is 2.84. The zero-order chi connectivity index (χ0) is 26.0. The Balaban J connectivity index is 1.71. The van der Waals surface area contributed by atoms with Gasteiger partial charge in [0.2, 0.25) is 5.95 Å². The standard InChI is InChI=1S/C24H27ClFIN6O3/c1-13(2)33-21-14(9-19(23(33)35)36-12-20(34)28-3)8-16(10-18(21)26)30-22-17(25)11-29-24(31-22)32-6-4-15(27)5-7-32/h8-11,13,15H,4-7,12H2,1-3H3,(H,28,34)(H,29,30,31).